The molecule has 5 rings (SSSR count). The van der Waals surface area contributed by atoms with Gasteiger partial charge in [-0.15, -0.1) is 0 Å². The molecule has 2 N–H and O–H groups in total. The summed E-state index contributed by atoms with van der Waals surface area (Å²) in [4.78, 5) is 1.48. The minimum absolute atomic E-state index is 0.0122. The normalized spacial score (nSPS) is 30.1. The third kappa shape index (κ3) is 4.46. The summed E-state index contributed by atoms with van der Waals surface area (Å²) in [5, 5.41) is 3.41. The van der Waals surface area contributed by atoms with Crippen molar-refractivity contribution in [3.63, 3.8) is 0 Å². The van der Waals surface area contributed by atoms with Gasteiger partial charge in [-0.1, -0.05) is 0 Å². The lowest BCUT2D eigenvalue weighted by atomic mass is 9.89. The van der Waals surface area contributed by atoms with Crippen LogP contribution in [-0.2, 0) is 32.6 Å². The number of nitrogens with zero attached hydrogens (tertiary/aromatic N) is 3. The van der Waals surface area contributed by atoms with Crippen LogP contribution >= 0.6 is 0 Å². The summed E-state index contributed by atoms with van der Waals surface area (Å²) in [5.41, 5.74) is 6.57. The number of nitrogens with two attached hydrogens (primary N) is 1. The second-order valence-corrected chi connectivity index (χ2v) is 11.1. The van der Waals surface area contributed by atoms with Gasteiger partial charge in [0.2, 0.25) is 0 Å². The molecule has 1 aromatic carbocycles. The molecule has 2 saturated heterocycles. The third-order valence-electron chi connectivity index (χ3n) is 6.75. The maximum absolute atomic E-state index is 14.3. The molecular formula is C21H23F5N4O4S. The van der Waals surface area contributed by atoms with Gasteiger partial charge >= 0.3 is 6.18 Å². The van der Waals surface area contributed by atoms with Gasteiger partial charge in [0.1, 0.15) is 23.0 Å². The maximum atomic E-state index is 14.3. The van der Waals surface area contributed by atoms with E-state index in [0.717, 1.165) is 22.3 Å². The van der Waals surface area contributed by atoms with Crippen LogP contribution in [0.15, 0.2) is 24.4 Å². The van der Waals surface area contributed by atoms with Crippen molar-refractivity contribution in [3.05, 3.63) is 52.9 Å². The Kier molecular flexibility index (Phi) is 6.15. The van der Waals surface area contributed by atoms with Crippen LogP contribution in [0.3, 0.4) is 0 Å². The van der Waals surface area contributed by atoms with E-state index in [1.807, 2.05) is 0 Å². The maximum Gasteiger partial charge on any atom is 0.416 e. The molecule has 35 heavy (non-hydrogen) atoms. The summed E-state index contributed by atoms with van der Waals surface area (Å²) in [6, 6.07) is 0.209. The average molecular weight is 522 g/mol. The first kappa shape index (κ1) is 24.6. The molecule has 4 heterocycles. The topological polar surface area (TPSA) is 99.7 Å². The zero-order valence-corrected chi connectivity index (χ0v) is 19.1. The predicted octanol–water partition coefficient (Wildman–Crippen LogP) is 2.23. The monoisotopic (exact) mass is 522 g/mol. The molecule has 0 saturated carbocycles. The first-order valence-corrected chi connectivity index (χ1v) is 12.5. The van der Waals surface area contributed by atoms with Gasteiger partial charge in [-0.25, -0.2) is 17.2 Å². The molecule has 1 aromatic heterocycles. The quantitative estimate of drug-likeness (QED) is 0.615. The van der Waals surface area contributed by atoms with Crippen molar-refractivity contribution in [3.8, 4) is 0 Å². The van der Waals surface area contributed by atoms with Crippen LogP contribution in [0.25, 0.3) is 0 Å². The highest BCUT2D eigenvalue weighted by molar-refractivity contribution is 7.90. The van der Waals surface area contributed by atoms with Crippen molar-refractivity contribution in [2.45, 2.75) is 61.6 Å². The molecule has 192 valence electrons. The molecule has 8 nitrogen and oxygen atoms in total. The Balaban J connectivity index is 1.37. The number of halogens is 5. The van der Waals surface area contributed by atoms with E-state index < -0.39 is 57.4 Å². The van der Waals surface area contributed by atoms with Gasteiger partial charge in [0.15, 0.2) is 6.10 Å². The van der Waals surface area contributed by atoms with Gasteiger partial charge in [0.05, 0.1) is 12.3 Å². The van der Waals surface area contributed by atoms with Crippen molar-refractivity contribution in [2.75, 3.05) is 13.2 Å². The highest BCUT2D eigenvalue weighted by Crippen LogP contribution is 2.42. The molecule has 3 aliphatic rings. The minimum Gasteiger partial charge on any atom is -0.380 e. The minimum atomic E-state index is -4.81. The van der Waals surface area contributed by atoms with E-state index in [9.17, 15) is 30.4 Å². The van der Waals surface area contributed by atoms with Crippen molar-refractivity contribution in [1.82, 2.24) is 14.1 Å². The highest BCUT2D eigenvalue weighted by atomic mass is 32.2. The van der Waals surface area contributed by atoms with Crippen molar-refractivity contribution >= 4 is 10.0 Å². The van der Waals surface area contributed by atoms with E-state index in [-0.39, 0.29) is 31.7 Å². The molecule has 0 radical (unpaired) electrons. The first-order valence-electron chi connectivity index (χ1n) is 11.0. The van der Waals surface area contributed by atoms with Crippen LogP contribution in [0.4, 0.5) is 22.0 Å². The Morgan fingerprint density at radius 3 is 2.60 bits per heavy atom. The lowest BCUT2D eigenvalue weighted by Crippen LogP contribution is -2.58. The predicted molar refractivity (Wildman–Crippen MR) is 111 cm³/mol. The fourth-order valence-corrected chi connectivity index (χ4v) is 6.42. The number of hydrogen-bond donors (Lipinski definition) is 1. The van der Waals surface area contributed by atoms with Crippen molar-refractivity contribution in [2.24, 2.45) is 5.73 Å². The number of benzene rings is 1. The molecule has 0 amide bonds. The van der Waals surface area contributed by atoms with Crippen LogP contribution in [0, 0.1) is 11.6 Å². The van der Waals surface area contributed by atoms with E-state index in [4.69, 9.17) is 15.2 Å². The van der Waals surface area contributed by atoms with Crippen LogP contribution < -0.4 is 5.73 Å². The Morgan fingerprint density at radius 2 is 1.94 bits per heavy atom. The lowest BCUT2D eigenvalue weighted by molar-refractivity contribution is -0.269. The summed E-state index contributed by atoms with van der Waals surface area (Å²) in [6.45, 7) is 0.375. The van der Waals surface area contributed by atoms with Crippen LogP contribution in [0.2, 0.25) is 0 Å². The molecule has 0 aliphatic carbocycles. The Hall–Kier alpha value is -2.13. The average Bonchev–Trinajstić information content (AvgIpc) is 3.51. The third-order valence-corrected chi connectivity index (χ3v) is 8.68. The standard InChI is InChI=1S/C21H23F5N4O4S/c22-12-1-2-15(23)14(5-12)19-16(27)6-18(20(34-19)21(24,25)26)29-7-11-8-30(28-17(11)9-29)35(31,32)13-3-4-33-10-13/h1-2,5,8,13,16,18-20H,3-4,6-7,9-10,27H2/t13?,16-,18+,19+,20-/m0/s1. The van der Waals surface area contributed by atoms with Gasteiger partial charge in [0.25, 0.3) is 10.0 Å². The number of rotatable bonds is 4. The number of alkyl halides is 3. The number of hydrogen-bond acceptors (Lipinski definition) is 7. The molecule has 1 unspecified atom stereocenters. The summed E-state index contributed by atoms with van der Waals surface area (Å²) >= 11 is 0. The van der Waals surface area contributed by atoms with Crippen molar-refractivity contribution in [1.29, 1.82) is 0 Å². The zero-order chi connectivity index (χ0) is 25.1. The lowest BCUT2D eigenvalue weighted by Gasteiger charge is -2.44. The fraction of sp³-hybridized carbons (Fsp3) is 0.571. The SMILES string of the molecule is N[C@H]1C[C@@H](N2Cc3cn(S(=O)(=O)C4CCOC4)nc3C2)[C@@H](C(F)(F)F)O[C@@H]1c1cc(F)ccc1F. The number of fused-ring (bicyclic) bond motifs is 1. The van der Waals surface area contributed by atoms with Crippen LogP contribution in [-0.4, -0.2) is 65.3 Å². The van der Waals surface area contributed by atoms with Gasteiger partial charge < -0.3 is 15.2 Å². The molecule has 2 aromatic rings. The Morgan fingerprint density at radius 1 is 1.17 bits per heavy atom. The van der Waals surface area contributed by atoms with Gasteiger partial charge in [-0.3, -0.25) is 4.90 Å². The van der Waals surface area contributed by atoms with Gasteiger partial charge in [-0.2, -0.15) is 22.4 Å². The number of ether oxygens (including phenoxy) is 2. The molecule has 0 spiro atoms. The molecular weight excluding hydrogens is 499 g/mol. The smallest absolute Gasteiger partial charge is 0.380 e. The zero-order valence-electron chi connectivity index (χ0n) is 18.3. The second-order valence-electron chi connectivity index (χ2n) is 9.06. The molecule has 5 atom stereocenters. The van der Waals surface area contributed by atoms with E-state index in [2.05, 4.69) is 5.10 Å². The molecule has 0 bridgehead atoms. The van der Waals surface area contributed by atoms with E-state index in [0.29, 0.717) is 24.3 Å². The Bertz CT molecular complexity index is 1190. The summed E-state index contributed by atoms with van der Waals surface area (Å²) < 4.78 is 107. The van der Waals surface area contributed by atoms with Gasteiger partial charge in [0, 0.05) is 49.1 Å². The van der Waals surface area contributed by atoms with Crippen LogP contribution in [0.5, 0.6) is 0 Å². The van der Waals surface area contributed by atoms with E-state index in [1.54, 1.807) is 0 Å². The summed E-state index contributed by atoms with van der Waals surface area (Å²) in [6.07, 6.45) is -7.14. The Labute approximate surface area is 197 Å². The molecule has 3 aliphatic heterocycles. The highest BCUT2D eigenvalue weighted by Gasteiger charge is 2.54. The van der Waals surface area contributed by atoms with Crippen LogP contribution in [0.1, 0.15) is 35.8 Å². The van der Waals surface area contributed by atoms with Crippen molar-refractivity contribution < 1.29 is 39.8 Å². The van der Waals surface area contributed by atoms with E-state index in [1.165, 1.54) is 11.1 Å². The summed E-state index contributed by atoms with van der Waals surface area (Å²) in [5.74, 6) is -1.72. The number of aromatic nitrogens is 2. The molecule has 14 heteroatoms. The largest absolute Gasteiger partial charge is 0.416 e. The van der Waals surface area contributed by atoms with E-state index >= 15 is 0 Å². The fourth-order valence-electron chi connectivity index (χ4n) is 4.97. The first-order chi connectivity index (χ1) is 16.4. The molecule has 2 fully saturated rings. The summed E-state index contributed by atoms with van der Waals surface area (Å²) in [7, 11) is -3.78. The van der Waals surface area contributed by atoms with Gasteiger partial charge in [-0.05, 0) is 31.0 Å². The second kappa shape index (κ2) is 8.76.